The molecule has 19 heavy (non-hydrogen) atoms. The van der Waals surface area contributed by atoms with Crippen LogP contribution in [0.5, 0.6) is 0 Å². The van der Waals surface area contributed by atoms with Crippen LogP contribution in [0.4, 0.5) is 0 Å². The third kappa shape index (κ3) is 3.68. The Bertz CT molecular complexity index is 570. The van der Waals surface area contributed by atoms with E-state index in [-0.39, 0.29) is 0 Å². The number of hydrogen-bond donors (Lipinski definition) is 1. The molecule has 1 N–H and O–H groups in total. The molecule has 2 rings (SSSR count). The zero-order valence-corrected chi connectivity index (χ0v) is 14.1. The molecule has 0 saturated carbocycles. The second-order valence-electron chi connectivity index (χ2n) is 4.82. The lowest BCUT2D eigenvalue weighted by Gasteiger charge is -2.14. The van der Waals surface area contributed by atoms with Crippen molar-refractivity contribution in [1.82, 2.24) is 0 Å². The minimum absolute atomic E-state index is 0.472. The van der Waals surface area contributed by atoms with E-state index in [2.05, 4.69) is 31.9 Å². The van der Waals surface area contributed by atoms with Crippen LogP contribution < -0.4 is 0 Å². The Morgan fingerprint density at radius 2 is 1.68 bits per heavy atom. The first kappa shape index (κ1) is 14.8. The van der Waals surface area contributed by atoms with Crippen molar-refractivity contribution in [1.29, 1.82) is 0 Å². The van der Waals surface area contributed by atoms with Gasteiger partial charge in [-0.05, 0) is 48.2 Å². The summed E-state index contributed by atoms with van der Waals surface area (Å²) >= 11 is 7.00. The highest BCUT2D eigenvalue weighted by atomic mass is 79.9. The van der Waals surface area contributed by atoms with Crippen LogP contribution in [0.25, 0.3) is 0 Å². The summed E-state index contributed by atoms with van der Waals surface area (Å²) in [6, 6.07) is 12.1. The molecule has 0 aliphatic carbocycles. The van der Waals surface area contributed by atoms with E-state index in [1.807, 2.05) is 50.2 Å². The predicted octanol–water partition coefficient (Wildman–Crippen LogP) is 5.10. The fourth-order valence-corrected chi connectivity index (χ4v) is 2.85. The van der Waals surface area contributed by atoms with Gasteiger partial charge < -0.3 is 5.11 Å². The van der Waals surface area contributed by atoms with E-state index in [9.17, 15) is 5.11 Å². The number of rotatable bonds is 3. The summed E-state index contributed by atoms with van der Waals surface area (Å²) in [5.74, 6) is 0. The Kier molecular flexibility index (Phi) is 4.82. The van der Waals surface area contributed by atoms with Gasteiger partial charge in [0, 0.05) is 15.4 Å². The molecular formula is C16H16Br2O. The number of hydrogen-bond acceptors (Lipinski definition) is 1. The minimum Gasteiger partial charge on any atom is -0.388 e. The van der Waals surface area contributed by atoms with Crippen LogP contribution in [0, 0.1) is 13.8 Å². The van der Waals surface area contributed by atoms with E-state index in [0.29, 0.717) is 6.42 Å². The number of aliphatic hydroxyl groups is 1. The van der Waals surface area contributed by atoms with E-state index in [4.69, 9.17) is 0 Å². The number of benzene rings is 2. The summed E-state index contributed by atoms with van der Waals surface area (Å²) in [6.07, 6.45) is 0.153. The first-order valence-corrected chi connectivity index (χ1v) is 7.75. The fraction of sp³-hybridized carbons (Fsp3) is 0.250. The van der Waals surface area contributed by atoms with Crippen molar-refractivity contribution in [3.05, 3.63) is 67.6 Å². The van der Waals surface area contributed by atoms with Gasteiger partial charge in [-0.25, -0.2) is 0 Å². The largest absolute Gasteiger partial charge is 0.388 e. The molecule has 0 amide bonds. The van der Waals surface area contributed by atoms with Crippen molar-refractivity contribution in [2.75, 3.05) is 0 Å². The molecule has 1 unspecified atom stereocenters. The maximum Gasteiger partial charge on any atom is 0.0830 e. The summed E-state index contributed by atoms with van der Waals surface area (Å²) < 4.78 is 2.16. The van der Waals surface area contributed by atoms with E-state index in [1.54, 1.807) is 0 Å². The monoisotopic (exact) mass is 382 g/mol. The van der Waals surface area contributed by atoms with Gasteiger partial charge in [-0.3, -0.25) is 0 Å². The fourth-order valence-electron chi connectivity index (χ4n) is 2.18. The summed E-state index contributed by atoms with van der Waals surface area (Å²) in [4.78, 5) is 0. The van der Waals surface area contributed by atoms with E-state index < -0.39 is 6.10 Å². The normalized spacial score (nSPS) is 12.5. The lowest BCUT2D eigenvalue weighted by molar-refractivity contribution is 0.178. The standard InChI is InChI=1S/C16H16Br2O/c1-10-6-13(7-11(2)16(10)18)15(19)9-12-4-3-5-14(17)8-12/h3-8,15,19H,9H2,1-2H3. The molecule has 0 aromatic heterocycles. The summed E-state index contributed by atoms with van der Waals surface area (Å²) in [5.41, 5.74) is 4.41. The van der Waals surface area contributed by atoms with Gasteiger partial charge >= 0.3 is 0 Å². The minimum atomic E-state index is -0.472. The smallest absolute Gasteiger partial charge is 0.0830 e. The van der Waals surface area contributed by atoms with Crippen molar-refractivity contribution in [3.8, 4) is 0 Å². The second-order valence-corrected chi connectivity index (χ2v) is 6.53. The Labute approximate surface area is 130 Å². The third-order valence-electron chi connectivity index (χ3n) is 3.16. The highest BCUT2D eigenvalue weighted by Gasteiger charge is 2.11. The van der Waals surface area contributed by atoms with Crippen LogP contribution in [0.3, 0.4) is 0 Å². The van der Waals surface area contributed by atoms with Gasteiger partial charge in [0.1, 0.15) is 0 Å². The Hall–Kier alpha value is -0.640. The quantitative estimate of drug-likeness (QED) is 0.781. The van der Waals surface area contributed by atoms with Gasteiger partial charge in [-0.1, -0.05) is 56.1 Å². The molecule has 1 nitrogen and oxygen atoms in total. The predicted molar refractivity (Wildman–Crippen MR) is 86.4 cm³/mol. The molecular weight excluding hydrogens is 368 g/mol. The van der Waals surface area contributed by atoms with Gasteiger partial charge in [0.2, 0.25) is 0 Å². The zero-order chi connectivity index (χ0) is 14.0. The molecule has 0 spiro atoms. The van der Waals surface area contributed by atoms with E-state index >= 15 is 0 Å². The highest BCUT2D eigenvalue weighted by molar-refractivity contribution is 9.10. The van der Waals surface area contributed by atoms with Crippen LogP contribution in [0.1, 0.15) is 28.4 Å². The average Bonchev–Trinajstić information content (AvgIpc) is 2.35. The maximum absolute atomic E-state index is 10.4. The molecule has 0 bridgehead atoms. The van der Waals surface area contributed by atoms with Crippen molar-refractivity contribution >= 4 is 31.9 Å². The lowest BCUT2D eigenvalue weighted by Crippen LogP contribution is -2.03. The Morgan fingerprint density at radius 3 is 2.26 bits per heavy atom. The lowest BCUT2D eigenvalue weighted by atomic mass is 9.98. The topological polar surface area (TPSA) is 20.2 Å². The molecule has 0 heterocycles. The highest BCUT2D eigenvalue weighted by Crippen LogP contribution is 2.27. The van der Waals surface area contributed by atoms with Gasteiger partial charge in [0.15, 0.2) is 0 Å². The molecule has 0 saturated heterocycles. The van der Waals surface area contributed by atoms with E-state index in [1.165, 1.54) is 0 Å². The molecule has 0 aliphatic rings. The first-order chi connectivity index (χ1) is 8.97. The number of halogens is 2. The van der Waals surface area contributed by atoms with Crippen LogP contribution >= 0.6 is 31.9 Å². The average molecular weight is 384 g/mol. The van der Waals surface area contributed by atoms with Gasteiger partial charge in [-0.15, -0.1) is 0 Å². The molecule has 1 atom stereocenters. The van der Waals surface area contributed by atoms with Crippen molar-refractivity contribution in [3.63, 3.8) is 0 Å². The molecule has 2 aromatic carbocycles. The Balaban J connectivity index is 2.23. The molecule has 2 aromatic rings. The molecule has 0 aliphatic heterocycles. The molecule has 100 valence electrons. The van der Waals surface area contributed by atoms with Gasteiger partial charge in [-0.2, -0.15) is 0 Å². The van der Waals surface area contributed by atoms with Crippen LogP contribution in [0.2, 0.25) is 0 Å². The maximum atomic E-state index is 10.4. The molecule has 0 fully saturated rings. The van der Waals surface area contributed by atoms with Gasteiger partial charge in [0.25, 0.3) is 0 Å². The SMILES string of the molecule is Cc1cc(C(O)Cc2cccc(Br)c2)cc(C)c1Br. The summed E-state index contributed by atoms with van der Waals surface area (Å²) in [7, 11) is 0. The third-order valence-corrected chi connectivity index (χ3v) is 4.91. The van der Waals surface area contributed by atoms with Crippen molar-refractivity contribution in [2.45, 2.75) is 26.4 Å². The van der Waals surface area contributed by atoms with Crippen molar-refractivity contribution in [2.24, 2.45) is 0 Å². The van der Waals surface area contributed by atoms with Gasteiger partial charge in [0.05, 0.1) is 6.10 Å². The molecule has 3 heteroatoms. The summed E-state index contributed by atoms with van der Waals surface area (Å²) in [6.45, 7) is 4.10. The number of aliphatic hydroxyl groups excluding tert-OH is 1. The zero-order valence-electron chi connectivity index (χ0n) is 11.0. The van der Waals surface area contributed by atoms with Crippen LogP contribution in [0.15, 0.2) is 45.3 Å². The molecule has 0 radical (unpaired) electrons. The first-order valence-electron chi connectivity index (χ1n) is 6.16. The van der Waals surface area contributed by atoms with Crippen LogP contribution in [-0.2, 0) is 6.42 Å². The second kappa shape index (κ2) is 6.21. The van der Waals surface area contributed by atoms with E-state index in [0.717, 1.165) is 31.2 Å². The van der Waals surface area contributed by atoms with Crippen molar-refractivity contribution < 1.29 is 5.11 Å². The summed E-state index contributed by atoms with van der Waals surface area (Å²) in [5, 5.41) is 10.4. The number of aryl methyl sites for hydroxylation is 2. The van der Waals surface area contributed by atoms with Crippen LogP contribution in [-0.4, -0.2) is 5.11 Å². The Morgan fingerprint density at radius 1 is 1.05 bits per heavy atom.